The second kappa shape index (κ2) is 9.21. The van der Waals surface area contributed by atoms with Crippen LogP contribution < -0.4 is 10.1 Å². The summed E-state index contributed by atoms with van der Waals surface area (Å²) in [6.45, 7) is 2.13. The third-order valence-electron chi connectivity index (χ3n) is 3.97. The molecule has 2 aromatic rings. The molecular formula is C19H18BrClN2O4. The molecule has 1 fully saturated rings. The van der Waals surface area contributed by atoms with Gasteiger partial charge in [0.05, 0.1) is 18.2 Å². The number of ether oxygens (including phenoxy) is 2. The van der Waals surface area contributed by atoms with Gasteiger partial charge in [0.25, 0.3) is 11.8 Å². The van der Waals surface area contributed by atoms with Crippen molar-refractivity contribution in [1.29, 1.82) is 0 Å². The lowest BCUT2D eigenvalue weighted by atomic mass is 10.1. The molecule has 0 saturated carbocycles. The van der Waals surface area contributed by atoms with Crippen molar-refractivity contribution in [2.45, 2.75) is 0 Å². The standard InChI is InChI=1S/C19H18BrClN2O4/c20-14-3-6-17(16(21)11-14)27-12-18(24)22-15-4-1-13(2-5-15)19(25)23-7-9-26-10-8-23/h1-6,11H,7-10,12H2,(H,22,24). The number of hydrogen-bond acceptors (Lipinski definition) is 4. The Bertz CT molecular complexity index is 823. The minimum absolute atomic E-state index is 0.0376. The van der Waals surface area contributed by atoms with Crippen LogP contribution in [0.4, 0.5) is 5.69 Å². The van der Waals surface area contributed by atoms with Crippen LogP contribution >= 0.6 is 27.5 Å². The number of nitrogens with one attached hydrogen (secondary N) is 1. The molecule has 2 aromatic carbocycles. The van der Waals surface area contributed by atoms with E-state index in [1.165, 1.54) is 0 Å². The van der Waals surface area contributed by atoms with E-state index in [1.807, 2.05) is 0 Å². The number of amides is 2. The normalized spacial score (nSPS) is 13.9. The van der Waals surface area contributed by atoms with Crippen LogP contribution in [0.3, 0.4) is 0 Å². The number of carbonyl (C=O) groups excluding carboxylic acids is 2. The van der Waals surface area contributed by atoms with Crippen LogP contribution in [0.25, 0.3) is 0 Å². The van der Waals surface area contributed by atoms with Crippen LogP contribution in [0.15, 0.2) is 46.9 Å². The summed E-state index contributed by atoms with van der Waals surface area (Å²) in [7, 11) is 0. The minimum Gasteiger partial charge on any atom is -0.482 e. The number of nitrogens with zero attached hydrogens (tertiary/aromatic N) is 1. The van der Waals surface area contributed by atoms with Crippen molar-refractivity contribution < 1.29 is 19.1 Å². The fourth-order valence-corrected chi connectivity index (χ4v) is 3.31. The molecule has 1 aliphatic rings. The first-order valence-corrected chi connectivity index (χ1v) is 9.55. The highest BCUT2D eigenvalue weighted by Gasteiger charge is 2.18. The predicted molar refractivity (Wildman–Crippen MR) is 106 cm³/mol. The maximum Gasteiger partial charge on any atom is 0.262 e. The number of anilines is 1. The zero-order valence-corrected chi connectivity index (χ0v) is 16.8. The van der Waals surface area contributed by atoms with Crippen LogP contribution in [0, 0.1) is 0 Å². The topological polar surface area (TPSA) is 67.9 Å². The van der Waals surface area contributed by atoms with Gasteiger partial charge in [0.1, 0.15) is 5.75 Å². The maximum atomic E-state index is 12.4. The summed E-state index contributed by atoms with van der Waals surface area (Å²) in [4.78, 5) is 26.2. The summed E-state index contributed by atoms with van der Waals surface area (Å²) in [5, 5.41) is 3.15. The molecule has 3 rings (SSSR count). The SMILES string of the molecule is O=C(COc1ccc(Br)cc1Cl)Nc1ccc(C(=O)N2CCOCC2)cc1. The average Bonchev–Trinajstić information content (AvgIpc) is 2.68. The van der Waals surface area contributed by atoms with Crippen LogP contribution in [-0.2, 0) is 9.53 Å². The van der Waals surface area contributed by atoms with Gasteiger partial charge in [0.15, 0.2) is 6.61 Å². The van der Waals surface area contributed by atoms with E-state index in [2.05, 4.69) is 21.2 Å². The lowest BCUT2D eigenvalue weighted by Crippen LogP contribution is -2.40. The predicted octanol–water partition coefficient (Wildman–Crippen LogP) is 3.59. The summed E-state index contributed by atoms with van der Waals surface area (Å²) < 4.78 is 11.5. The quantitative estimate of drug-likeness (QED) is 0.751. The number of halogens is 2. The van der Waals surface area contributed by atoms with Crippen LogP contribution in [0.2, 0.25) is 5.02 Å². The summed E-state index contributed by atoms with van der Waals surface area (Å²) in [5.74, 6) is 0.0760. The van der Waals surface area contributed by atoms with Crippen molar-refractivity contribution in [2.24, 2.45) is 0 Å². The fraction of sp³-hybridized carbons (Fsp3) is 0.263. The summed E-state index contributed by atoms with van der Waals surface area (Å²) in [5.41, 5.74) is 1.16. The third-order valence-corrected chi connectivity index (χ3v) is 4.76. The first-order valence-electron chi connectivity index (χ1n) is 8.38. The first-order chi connectivity index (χ1) is 13.0. The molecule has 0 atom stereocenters. The van der Waals surface area contributed by atoms with Gasteiger partial charge in [-0.3, -0.25) is 9.59 Å². The van der Waals surface area contributed by atoms with E-state index >= 15 is 0 Å². The van der Waals surface area contributed by atoms with E-state index in [4.69, 9.17) is 21.1 Å². The van der Waals surface area contributed by atoms with Crippen molar-refractivity contribution in [3.8, 4) is 5.75 Å². The molecular weight excluding hydrogens is 436 g/mol. The van der Waals surface area contributed by atoms with Crippen molar-refractivity contribution in [1.82, 2.24) is 4.90 Å². The Hall–Kier alpha value is -2.09. The van der Waals surface area contributed by atoms with E-state index in [0.29, 0.717) is 48.3 Å². The van der Waals surface area contributed by atoms with Crippen molar-refractivity contribution in [3.05, 3.63) is 57.5 Å². The molecule has 2 amide bonds. The van der Waals surface area contributed by atoms with Gasteiger partial charge < -0.3 is 19.7 Å². The van der Waals surface area contributed by atoms with Gasteiger partial charge in [-0.05, 0) is 42.5 Å². The molecule has 1 heterocycles. The highest BCUT2D eigenvalue weighted by molar-refractivity contribution is 9.10. The molecule has 1 aliphatic heterocycles. The summed E-state index contributed by atoms with van der Waals surface area (Å²) in [6.07, 6.45) is 0. The molecule has 6 nitrogen and oxygen atoms in total. The van der Waals surface area contributed by atoms with Gasteiger partial charge in [-0.15, -0.1) is 0 Å². The number of carbonyl (C=O) groups is 2. The van der Waals surface area contributed by atoms with Gasteiger partial charge in [0.2, 0.25) is 0 Å². The van der Waals surface area contributed by atoms with E-state index in [9.17, 15) is 9.59 Å². The Morgan fingerprint density at radius 2 is 1.85 bits per heavy atom. The van der Waals surface area contributed by atoms with E-state index in [0.717, 1.165) is 4.47 Å². The van der Waals surface area contributed by atoms with Crippen molar-refractivity contribution in [3.63, 3.8) is 0 Å². The minimum atomic E-state index is -0.318. The number of rotatable bonds is 5. The summed E-state index contributed by atoms with van der Waals surface area (Å²) in [6, 6.07) is 11.9. The monoisotopic (exact) mass is 452 g/mol. The Morgan fingerprint density at radius 1 is 1.15 bits per heavy atom. The smallest absolute Gasteiger partial charge is 0.262 e. The van der Waals surface area contributed by atoms with Crippen LogP contribution in [0.5, 0.6) is 5.75 Å². The largest absolute Gasteiger partial charge is 0.482 e. The van der Waals surface area contributed by atoms with Gasteiger partial charge in [-0.25, -0.2) is 0 Å². The van der Waals surface area contributed by atoms with E-state index < -0.39 is 0 Å². The second-order valence-corrected chi connectivity index (χ2v) is 7.22. The first kappa shape index (κ1) is 19.7. The lowest BCUT2D eigenvalue weighted by Gasteiger charge is -2.26. The number of hydrogen-bond donors (Lipinski definition) is 1. The molecule has 142 valence electrons. The van der Waals surface area contributed by atoms with Gasteiger partial charge in [-0.1, -0.05) is 27.5 Å². The van der Waals surface area contributed by atoms with E-state index in [1.54, 1.807) is 47.4 Å². The highest BCUT2D eigenvalue weighted by Crippen LogP contribution is 2.27. The maximum absolute atomic E-state index is 12.4. The van der Waals surface area contributed by atoms with Gasteiger partial charge in [-0.2, -0.15) is 0 Å². The number of morpholine rings is 1. The average molecular weight is 454 g/mol. The molecule has 0 aliphatic carbocycles. The molecule has 27 heavy (non-hydrogen) atoms. The zero-order chi connectivity index (χ0) is 19.2. The lowest BCUT2D eigenvalue weighted by molar-refractivity contribution is -0.118. The Kier molecular flexibility index (Phi) is 6.71. The molecule has 0 spiro atoms. The Morgan fingerprint density at radius 3 is 2.52 bits per heavy atom. The molecule has 0 bridgehead atoms. The molecule has 1 saturated heterocycles. The molecule has 8 heteroatoms. The Balaban J connectivity index is 1.52. The molecule has 0 unspecified atom stereocenters. The highest BCUT2D eigenvalue weighted by atomic mass is 79.9. The third kappa shape index (κ3) is 5.45. The fourth-order valence-electron chi connectivity index (χ4n) is 2.58. The molecule has 0 radical (unpaired) electrons. The number of benzene rings is 2. The van der Waals surface area contributed by atoms with Crippen LogP contribution in [-0.4, -0.2) is 49.6 Å². The zero-order valence-electron chi connectivity index (χ0n) is 14.4. The second-order valence-electron chi connectivity index (χ2n) is 5.89. The van der Waals surface area contributed by atoms with Crippen molar-refractivity contribution >= 4 is 45.0 Å². The molecule has 1 N–H and O–H groups in total. The van der Waals surface area contributed by atoms with Crippen LogP contribution in [0.1, 0.15) is 10.4 Å². The summed E-state index contributed by atoms with van der Waals surface area (Å²) >= 11 is 9.36. The molecule has 0 aromatic heterocycles. The van der Waals surface area contributed by atoms with Crippen molar-refractivity contribution in [2.75, 3.05) is 38.2 Å². The van der Waals surface area contributed by atoms with E-state index in [-0.39, 0.29) is 18.4 Å². The van der Waals surface area contributed by atoms with Gasteiger partial charge in [0, 0.05) is 28.8 Å². The van der Waals surface area contributed by atoms with Gasteiger partial charge >= 0.3 is 0 Å². The Labute approximate surface area is 170 Å².